The minimum atomic E-state index is -2.28. The third-order valence-electron chi connectivity index (χ3n) is 4.71. The normalized spacial score (nSPS) is 11.1. The number of benzene rings is 2. The summed E-state index contributed by atoms with van der Waals surface area (Å²) in [4.78, 5) is 23.4. The van der Waals surface area contributed by atoms with Gasteiger partial charge in [0, 0.05) is 23.9 Å². The molecule has 3 aromatic rings. The number of rotatable bonds is 7. The van der Waals surface area contributed by atoms with E-state index in [1.165, 1.54) is 12.1 Å². The number of fused-ring (bicyclic) bond motifs is 1. The van der Waals surface area contributed by atoms with Crippen LogP contribution < -0.4 is 10.4 Å². The van der Waals surface area contributed by atoms with Crippen molar-refractivity contribution >= 4 is 16.9 Å². The Morgan fingerprint density at radius 1 is 0.969 bits per heavy atom. The number of esters is 1. The van der Waals surface area contributed by atoms with E-state index in [1.807, 2.05) is 0 Å². The van der Waals surface area contributed by atoms with Crippen LogP contribution in [-0.4, -0.2) is 12.6 Å². The standard InChI is InChI=1S/C22H17F5O5/c1-3-30-16(28)5-4-11-7-12-10(2)6-17(29)32-15(12)8-14(11)31-9-13-18(23)20(25)22(27)21(26)19(13)24/h6-8H,3-5,9H2,1-2H3. The lowest BCUT2D eigenvalue weighted by Gasteiger charge is -2.15. The number of aryl methyl sites for hydroxylation is 2. The predicted octanol–water partition coefficient (Wildman–Crippen LogP) is 4.87. The fourth-order valence-electron chi connectivity index (χ4n) is 3.12. The zero-order valence-corrected chi connectivity index (χ0v) is 17.0. The maximum Gasteiger partial charge on any atom is 0.336 e. The topological polar surface area (TPSA) is 65.7 Å². The second-order valence-electron chi connectivity index (χ2n) is 6.85. The minimum absolute atomic E-state index is 0.0560. The van der Waals surface area contributed by atoms with Gasteiger partial charge in [0.1, 0.15) is 17.9 Å². The number of hydrogen-bond donors (Lipinski definition) is 0. The van der Waals surface area contributed by atoms with Gasteiger partial charge >= 0.3 is 11.6 Å². The average Bonchev–Trinajstić information content (AvgIpc) is 2.75. The van der Waals surface area contributed by atoms with Crippen LogP contribution in [0.15, 0.2) is 27.4 Å². The third kappa shape index (κ3) is 4.58. The lowest BCUT2D eigenvalue weighted by Crippen LogP contribution is -2.11. The van der Waals surface area contributed by atoms with E-state index in [1.54, 1.807) is 19.9 Å². The highest BCUT2D eigenvalue weighted by Gasteiger charge is 2.26. The molecule has 0 unspecified atom stereocenters. The van der Waals surface area contributed by atoms with Gasteiger partial charge in [-0.25, -0.2) is 26.7 Å². The number of halogens is 5. The first-order valence-electron chi connectivity index (χ1n) is 9.50. The highest BCUT2D eigenvalue weighted by Crippen LogP contribution is 2.30. The molecule has 0 radical (unpaired) electrons. The SMILES string of the molecule is CCOC(=O)CCc1cc2c(C)cc(=O)oc2cc1OCc1c(F)c(F)c(F)c(F)c1F. The van der Waals surface area contributed by atoms with Gasteiger partial charge in [-0.05, 0) is 37.5 Å². The fraction of sp³-hybridized carbons (Fsp3) is 0.273. The summed E-state index contributed by atoms with van der Waals surface area (Å²) < 4.78 is 83.5. The molecule has 0 aliphatic heterocycles. The predicted molar refractivity (Wildman–Crippen MR) is 103 cm³/mol. The van der Waals surface area contributed by atoms with Crippen molar-refractivity contribution in [3.05, 3.63) is 74.4 Å². The second-order valence-corrected chi connectivity index (χ2v) is 6.85. The van der Waals surface area contributed by atoms with Crippen LogP contribution in [0, 0.1) is 36.0 Å². The first kappa shape index (κ1) is 23.2. The van der Waals surface area contributed by atoms with E-state index in [4.69, 9.17) is 13.9 Å². The summed E-state index contributed by atoms with van der Waals surface area (Å²) in [5, 5.41) is 0.520. The summed E-state index contributed by atoms with van der Waals surface area (Å²) in [6.45, 7) is 2.46. The molecule has 3 rings (SSSR count). The zero-order valence-electron chi connectivity index (χ0n) is 17.0. The van der Waals surface area contributed by atoms with Gasteiger partial charge in [0.05, 0.1) is 12.2 Å². The van der Waals surface area contributed by atoms with E-state index >= 15 is 0 Å². The monoisotopic (exact) mass is 456 g/mol. The molecule has 0 amide bonds. The van der Waals surface area contributed by atoms with Crippen molar-refractivity contribution in [3.8, 4) is 5.75 Å². The summed E-state index contributed by atoms with van der Waals surface area (Å²) in [7, 11) is 0. The Morgan fingerprint density at radius 3 is 2.22 bits per heavy atom. The third-order valence-corrected chi connectivity index (χ3v) is 4.71. The molecule has 0 N–H and O–H groups in total. The molecule has 170 valence electrons. The fourth-order valence-corrected chi connectivity index (χ4v) is 3.12. The van der Waals surface area contributed by atoms with Crippen LogP contribution in [0.4, 0.5) is 22.0 Å². The van der Waals surface area contributed by atoms with Crippen LogP contribution in [0.25, 0.3) is 11.0 Å². The van der Waals surface area contributed by atoms with Crippen LogP contribution in [0.1, 0.15) is 30.0 Å². The van der Waals surface area contributed by atoms with E-state index in [0.29, 0.717) is 16.5 Å². The van der Waals surface area contributed by atoms with Gasteiger partial charge < -0.3 is 13.9 Å². The Labute approximate surface area is 178 Å². The summed E-state index contributed by atoms with van der Waals surface area (Å²) in [6.07, 6.45) is 0.0217. The van der Waals surface area contributed by atoms with Crippen molar-refractivity contribution in [2.75, 3.05) is 6.61 Å². The van der Waals surface area contributed by atoms with Crippen molar-refractivity contribution in [3.63, 3.8) is 0 Å². The van der Waals surface area contributed by atoms with Gasteiger partial charge in [0.2, 0.25) is 5.82 Å². The van der Waals surface area contributed by atoms with Crippen LogP contribution in [0.5, 0.6) is 5.75 Å². The molecule has 0 saturated carbocycles. The first-order chi connectivity index (χ1) is 15.1. The Hall–Kier alpha value is -3.43. The Morgan fingerprint density at radius 2 is 1.59 bits per heavy atom. The molecule has 0 aliphatic carbocycles. The lowest BCUT2D eigenvalue weighted by molar-refractivity contribution is -0.143. The molecule has 0 bridgehead atoms. The van der Waals surface area contributed by atoms with E-state index < -0.39 is 52.9 Å². The summed E-state index contributed by atoms with van der Waals surface area (Å²) in [6, 6.07) is 4.07. The molecule has 32 heavy (non-hydrogen) atoms. The molecular formula is C22H17F5O5. The van der Waals surface area contributed by atoms with Crippen molar-refractivity contribution in [2.24, 2.45) is 0 Å². The molecule has 1 heterocycles. The molecule has 10 heteroatoms. The van der Waals surface area contributed by atoms with E-state index in [9.17, 15) is 31.5 Å². The van der Waals surface area contributed by atoms with E-state index in [0.717, 1.165) is 0 Å². The molecule has 2 aromatic carbocycles. The molecule has 0 saturated heterocycles. The Bertz CT molecular complexity index is 1220. The minimum Gasteiger partial charge on any atom is -0.488 e. The summed E-state index contributed by atoms with van der Waals surface area (Å²) in [5.74, 6) is -11.1. The molecular weight excluding hydrogens is 439 g/mol. The van der Waals surface area contributed by atoms with E-state index in [-0.39, 0.29) is 30.8 Å². The largest absolute Gasteiger partial charge is 0.488 e. The van der Waals surface area contributed by atoms with E-state index in [2.05, 4.69) is 0 Å². The van der Waals surface area contributed by atoms with Crippen molar-refractivity contribution in [2.45, 2.75) is 33.3 Å². The van der Waals surface area contributed by atoms with Gasteiger partial charge in [-0.3, -0.25) is 4.79 Å². The number of ether oxygens (including phenoxy) is 2. The molecule has 0 fully saturated rings. The number of hydrogen-bond acceptors (Lipinski definition) is 5. The lowest BCUT2D eigenvalue weighted by atomic mass is 10.0. The van der Waals surface area contributed by atoms with Crippen molar-refractivity contribution in [1.29, 1.82) is 0 Å². The maximum absolute atomic E-state index is 14.0. The molecule has 1 aromatic heterocycles. The Kier molecular flexibility index (Phi) is 6.81. The smallest absolute Gasteiger partial charge is 0.336 e. The highest BCUT2D eigenvalue weighted by molar-refractivity contribution is 5.83. The van der Waals surface area contributed by atoms with Gasteiger partial charge in [0.15, 0.2) is 23.3 Å². The molecule has 0 aliphatic rings. The van der Waals surface area contributed by atoms with Gasteiger partial charge in [-0.2, -0.15) is 0 Å². The first-order valence-corrected chi connectivity index (χ1v) is 9.50. The van der Waals surface area contributed by atoms with Gasteiger partial charge in [-0.1, -0.05) is 0 Å². The zero-order chi connectivity index (χ0) is 23.6. The molecule has 0 spiro atoms. The van der Waals surface area contributed by atoms with Gasteiger partial charge in [0.25, 0.3) is 0 Å². The van der Waals surface area contributed by atoms with Crippen LogP contribution in [-0.2, 0) is 22.6 Å². The number of carbonyl (C=O) groups excluding carboxylic acids is 1. The summed E-state index contributed by atoms with van der Waals surface area (Å²) in [5.41, 5.74) is -0.780. The maximum atomic E-state index is 14.0. The van der Waals surface area contributed by atoms with Crippen LogP contribution in [0.2, 0.25) is 0 Å². The molecule has 5 nitrogen and oxygen atoms in total. The molecule has 0 atom stereocenters. The second kappa shape index (κ2) is 9.37. The van der Waals surface area contributed by atoms with Crippen molar-refractivity contribution < 1.29 is 40.6 Å². The average molecular weight is 456 g/mol. The quantitative estimate of drug-likeness (QED) is 0.167. The van der Waals surface area contributed by atoms with Crippen LogP contribution >= 0.6 is 0 Å². The summed E-state index contributed by atoms with van der Waals surface area (Å²) >= 11 is 0. The highest BCUT2D eigenvalue weighted by atomic mass is 19.2. The van der Waals surface area contributed by atoms with Crippen LogP contribution in [0.3, 0.4) is 0 Å². The number of carbonyl (C=O) groups is 1. The van der Waals surface area contributed by atoms with Gasteiger partial charge in [-0.15, -0.1) is 0 Å². The Balaban J connectivity index is 2.01. The van der Waals surface area contributed by atoms with Crippen molar-refractivity contribution in [1.82, 2.24) is 0 Å².